The van der Waals surface area contributed by atoms with Crippen LogP contribution < -0.4 is 5.32 Å². The van der Waals surface area contributed by atoms with Crippen molar-refractivity contribution in [1.29, 1.82) is 0 Å². The van der Waals surface area contributed by atoms with E-state index in [1.54, 1.807) is 0 Å². The standard InChI is InChI=1S/C14H21NO/c1-2-14(10-16)15-9-11-3-5-12(6-4-11)13-7-8-13/h3-6,13-16H,2,7-10H2,1H3. The first-order chi connectivity index (χ1) is 7.83. The van der Waals surface area contributed by atoms with Crippen molar-refractivity contribution in [3.05, 3.63) is 35.4 Å². The molecule has 1 aromatic carbocycles. The lowest BCUT2D eigenvalue weighted by Crippen LogP contribution is -2.31. The Hall–Kier alpha value is -0.860. The number of aliphatic hydroxyl groups is 1. The molecule has 2 nitrogen and oxygen atoms in total. The second-order valence-electron chi connectivity index (χ2n) is 4.68. The molecule has 88 valence electrons. The molecule has 1 aliphatic rings. The van der Waals surface area contributed by atoms with Crippen molar-refractivity contribution in [2.24, 2.45) is 0 Å². The molecule has 1 aromatic rings. The van der Waals surface area contributed by atoms with Crippen LogP contribution in [0.1, 0.15) is 43.2 Å². The molecule has 0 aromatic heterocycles. The number of hydrogen-bond acceptors (Lipinski definition) is 2. The van der Waals surface area contributed by atoms with Gasteiger partial charge in [-0.15, -0.1) is 0 Å². The van der Waals surface area contributed by atoms with Crippen LogP contribution in [0.3, 0.4) is 0 Å². The summed E-state index contributed by atoms with van der Waals surface area (Å²) in [5, 5.41) is 12.4. The normalized spacial score (nSPS) is 17.4. The van der Waals surface area contributed by atoms with E-state index in [-0.39, 0.29) is 12.6 Å². The van der Waals surface area contributed by atoms with Crippen LogP contribution in [0.4, 0.5) is 0 Å². The molecule has 0 bridgehead atoms. The number of nitrogens with one attached hydrogen (secondary N) is 1. The Morgan fingerprint density at radius 3 is 2.50 bits per heavy atom. The highest BCUT2D eigenvalue weighted by atomic mass is 16.3. The van der Waals surface area contributed by atoms with Crippen LogP contribution in [0, 0.1) is 0 Å². The first kappa shape index (κ1) is 11.6. The lowest BCUT2D eigenvalue weighted by atomic mass is 10.1. The van der Waals surface area contributed by atoms with Crippen molar-refractivity contribution < 1.29 is 5.11 Å². The molecule has 1 atom stereocenters. The van der Waals surface area contributed by atoms with E-state index in [1.807, 2.05) is 0 Å². The molecule has 1 saturated carbocycles. The number of aliphatic hydroxyl groups excluding tert-OH is 1. The lowest BCUT2D eigenvalue weighted by Gasteiger charge is -2.13. The van der Waals surface area contributed by atoms with Gasteiger partial charge in [0, 0.05) is 12.6 Å². The summed E-state index contributed by atoms with van der Waals surface area (Å²) in [4.78, 5) is 0. The van der Waals surface area contributed by atoms with Gasteiger partial charge in [0.2, 0.25) is 0 Å². The molecular weight excluding hydrogens is 198 g/mol. The Kier molecular flexibility index (Phi) is 3.97. The minimum absolute atomic E-state index is 0.219. The van der Waals surface area contributed by atoms with Crippen LogP contribution in [0.5, 0.6) is 0 Å². The van der Waals surface area contributed by atoms with E-state index in [1.165, 1.54) is 24.0 Å². The summed E-state index contributed by atoms with van der Waals surface area (Å²) in [5.74, 6) is 0.836. The largest absolute Gasteiger partial charge is 0.395 e. The highest BCUT2D eigenvalue weighted by Gasteiger charge is 2.22. The fourth-order valence-electron chi connectivity index (χ4n) is 1.92. The van der Waals surface area contributed by atoms with E-state index in [4.69, 9.17) is 5.11 Å². The van der Waals surface area contributed by atoms with Crippen LogP contribution in [0.25, 0.3) is 0 Å². The van der Waals surface area contributed by atoms with Gasteiger partial charge >= 0.3 is 0 Å². The van der Waals surface area contributed by atoms with Crippen LogP contribution >= 0.6 is 0 Å². The number of benzene rings is 1. The van der Waals surface area contributed by atoms with E-state index < -0.39 is 0 Å². The molecule has 0 spiro atoms. The summed E-state index contributed by atoms with van der Waals surface area (Å²) in [5.41, 5.74) is 2.79. The first-order valence-corrected chi connectivity index (χ1v) is 6.26. The number of hydrogen-bond donors (Lipinski definition) is 2. The first-order valence-electron chi connectivity index (χ1n) is 6.26. The van der Waals surface area contributed by atoms with Gasteiger partial charge in [-0.25, -0.2) is 0 Å². The second kappa shape index (κ2) is 5.46. The van der Waals surface area contributed by atoms with Crippen LogP contribution in [-0.4, -0.2) is 17.8 Å². The lowest BCUT2D eigenvalue weighted by molar-refractivity contribution is 0.238. The number of rotatable bonds is 6. The van der Waals surface area contributed by atoms with Gasteiger partial charge in [0.05, 0.1) is 6.61 Å². The highest BCUT2D eigenvalue weighted by Crippen LogP contribution is 2.39. The molecule has 1 fully saturated rings. The van der Waals surface area contributed by atoms with E-state index in [9.17, 15) is 0 Å². The third-order valence-electron chi connectivity index (χ3n) is 3.34. The van der Waals surface area contributed by atoms with Gasteiger partial charge < -0.3 is 10.4 Å². The van der Waals surface area contributed by atoms with Crippen molar-refractivity contribution in [3.8, 4) is 0 Å². The average molecular weight is 219 g/mol. The quantitative estimate of drug-likeness (QED) is 0.770. The fourth-order valence-corrected chi connectivity index (χ4v) is 1.92. The van der Waals surface area contributed by atoms with E-state index in [2.05, 4.69) is 36.5 Å². The summed E-state index contributed by atoms with van der Waals surface area (Å²) in [7, 11) is 0. The monoisotopic (exact) mass is 219 g/mol. The minimum atomic E-state index is 0.219. The van der Waals surface area contributed by atoms with E-state index in [0.29, 0.717) is 0 Å². The third kappa shape index (κ3) is 3.06. The Labute approximate surface area is 97.7 Å². The Balaban J connectivity index is 1.84. The summed E-state index contributed by atoms with van der Waals surface area (Å²) < 4.78 is 0. The molecule has 0 saturated heterocycles. The molecular formula is C14H21NO. The van der Waals surface area contributed by atoms with Crippen molar-refractivity contribution in [1.82, 2.24) is 5.32 Å². The molecule has 2 rings (SSSR count). The second-order valence-corrected chi connectivity index (χ2v) is 4.68. The zero-order valence-corrected chi connectivity index (χ0v) is 9.95. The molecule has 0 amide bonds. The Morgan fingerprint density at radius 1 is 1.31 bits per heavy atom. The maximum atomic E-state index is 9.07. The maximum Gasteiger partial charge on any atom is 0.0584 e. The zero-order valence-electron chi connectivity index (χ0n) is 9.95. The third-order valence-corrected chi connectivity index (χ3v) is 3.34. The Bertz CT molecular complexity index is 312. The van der Waals surface area contributed by atoms with Gasteiger partial charge in [0.15, 0.2) is 0 Å². The molecule has 1 unspecified atom stereocenters. The van der Waals surface area contributed by atoms with Crippen molar-refractivity contribution in [2.45, 2.75) is 44.7 Å². The summed E-state index contributed by atoms with van der Waals surface area (Å²) in [6, 6.07) is 9.11. The average Bonchev–Trinajstić information content (AvgIpc) is 3.15. The van der Waals surface area contributed by atoms with Crippen molar-refractivity contribution in [2.75, 3.05) is 6.61 Å². The molecule has 1 aliphatic carbocycles. The van der Waals surface area contributed by atoms with Crippen LogP contribution in [-0.2, 0) is 6.54 Å². The van der Waals surface area contributed by atoms with Gasteiger partial charge in [-0.3, -0.25) is 0 Å². The van der Waals surface area contributed by atoms with Crippen LogP contribution in [0.15, 0.2) is 24.3 Å². The molecule has 2 heteroatoms. The van der Waals surface area contributed by atoms with Gasteiger partial charge in [0.25, 0.3) is 0 Å². The van der Waals surface area contributed by atoms with Crippen LogP contribution in [0.2, 0.25) is 0 Å². The highest BCUT2D eigenvalue weighted by molar-refractivity contribution is 5.27. The zero-order chi connectivity index (χ0) is 11.4. The topological polar surface area (TPSA) is 32.3 Å². The molecule has 2 N–H and O–H groups in total. The predicted molar refractivity (Wildman–Crippen MR) is 66.4 cm³/mol. The maximum absolute atomic E-state index is 9.07. The van der Waals surface area contributed by atoms with Gasteiger partial charge in [0.1, 0.15) is 0 Å². The minimum Gasteiger partial charge on any atom is -0.395 e. The predicted octanol–water partition coefficient (Wildman–Crippen LogP) is 2.42. The van der Waals surface area contributed by atoms with E-state index >= 15 is 0 Å². The smallest absolute Gasteiger partial charge is 0.0584 e. The van der Waals surface area contributed by atoms with Gasteiger partial charge in [-0.1, -0.05) is 31.2 Å². The molecule has 0 heterocycles. The van der Waals surface area contributed by atoms with Gasteiger partial charge in [-0.05, 0) is 36.3 Å². The van der Waals surface area contributed by atoms with Gasteiger partial charge in [-0.2, -0.15) is 0 Å². The summed E-state index contributed by atoms with van der Waals surface area (Å²) in [6.45, 7) is 3.16. The molecule has 0 aliphatic heterocycles. The molecule has 16 heavy (non-hydrogen) atoms. The van der Waals surface area contributed by atoms with Crippen molar-refractivity contribution >= 4 is 0 Å². The fraction of sp³-hybridized carbons (Fsp3) is 0.571. The summed E-state index contributed by atoms with van der Waals surface area (Å²) in [6.07, 6.45) is 3.69. The molecule has 0 radical (unpaired) electrons. The van der Waals surface area contributed by atoms with Crippen molar-refractivity contribution in [3.63, 3.8) is 0 Å². The summed E-state index contributed by atoms with van der Waals surface area (Å²) >= 11 is 0. The SMILES string of the molecule is CCC(CO)NCc1ccc(C2CC2)cc1. The van der Waals surface area contributed by atoms with E-state index in [0.717, 1.165) is 18.9 Å². The Morgan fingerprint density at radius 2 is 2.00 bits per heavy atom.